The minimum absolute atomic E-state index is 0.139. The van der Waals surface area contributed by atoms with Gasteiger partial charge in [-0.15, -0.1) is 0 Å². The molecule has 1 N–H and O–H groups in total. The second kappa shape index (κ2) is 10.2. The minimum atomic E-state index is -3.58. The quantitative estimate of drug-likeness (QED) is 0.626. The molecule has 0 spiro atoms. The van der Waals surface area contributed by atoms with Gasteiger partial charge in [0.1, 0.15) is 5.75 Å². The number of nitrogens with one attached hydrogen (secondary N) is 1. The Kier molecular flexibility index (Phi) is 7.85. The summed E-state index contributed by atoms with van der Waals surface area (Å²) in [5.74, 6) is -0.00867. The fourth-order valence-corrected chi connectivity index (χ4v) is 5.81. The minimum Gasteiger partial charge on any atom is -0.482 e. The average molecular weight is 479 g/mol. The Bertz CT molecular complexity index is 1100. The lowest BCUT2D eigenvalue weighted by atomic mass is 9.96. The van der Waals surface area contributed by atoms with E-state index in [4.69, 9.17) is 16.3 Å². The Morgan fingerprint density at radius 2 is 1.72 bits per heavy atom. The summed E-state index contributed by atoms with van der Waals surface area (Å²) in [5, 5.41) is 3.10. The van der Waals surface area contributed by atoms with Crippen LogP contribution in [0.4, 0.5) is 0 Å². The Morgan fingerprint density at radius 1 is 1.06 bits per heavy atom. The van der Waals surface area contributed by atoms with Gasteiger partial charge in [0, 0.05) is 13.1 Å². The van der Waals surface area contributed by atoms with Gasteiger partial charge >= 0.3 is 0 Å². The molecule has 1 atom stereocenters. The Labute approximate surface area is 196 Å². The van der Waals surface area contributed by atoms with Crippen molar-refractivity contribution in [1.82, 2.24) is 9.62 Å². The SMILES string of the molecule is Cc1cc(C)c(C(C)NC(=O)COc2ccc(S(=O)(=O)N3CCCCC3)cc2Cl)cc1C. The van der Waals surface area contributed by atoms with Crippen LogP contribution in [0.5, 0.6) is 5.75 Å². The monoisotopic (exact) mass is 478 g/mol. The molecule has 1 saturated heterocycles. The highest BCUT2D eigenvalue weighted by atomic mass is 35.5. The van der Waals surface area contributed by atoms with Crippen molar-refractivity contribution in [2.75, 3.05) is 19.7 Å². The number of rotatable bonds is 7. The molecule has 8 heteroatoms. The maximum Gasteiger partial charge on any atom is 0.258 e. The summed E-state index contributed by atoms with van der Waals surface area (Å²) in [4.78, 5) is 12.6. The number of hydrogen-bond donors (Lipinski definition) is 1. The van der Waals surface area contributed by atoms with Crippen LogP contribution in [0.25, 0.3) is 0 Å². The van der Waals surface area contributed by atoms with Crippen LogP contribution in [0.3, 0.4) is 0 Å². The van der Waals surface area contributed by atoms with Crippen LogP contribution in [0.1, 0.15) is 54.5 Å². The summed E-state index contributed by atoms with van der Waals surface area (Å²) in [6.45, 7) is 8.91. The zero-order valence-corrected chi connectivity index (χ0v) is 20.6. The molecule has 1 aliphatic heterocycles. The van der Waals surface area contributed by atoms with Gasteiger partial charge in [0.2, 0.25) is 10.0 Å². The normalized spacial score (nSPS) is 15.9. The largest absolute Gasteiger partial charge is 0.482 e. The summed E-state index contributed by atoms with van der Waals surface area (Å²) in [6, 6.07) is 8.41. The predicted octanol–water partition coefficient (Wildman–Crippen LogP) is 4.70. The fraction of sp³-hybridized carbons (Fsp3) is 0.458. The highest BCUT2D eigenvalue weighted by Gasteiger charge is 2.26. The van der Waals surface area contributed by atoms with Crippen molar-refractivity contribution in [1.29, 1.82) is 0 Å². The van der Waals surface area contributed by atoms with Crippen LogP contribution in [-0.4, -0.2) is 38.3 Å². The van der Waals surface area contributed by atoms with Gasteiger partial charge in [-0.3, -0.25) is 4.79 Å². The summed E-state index contributed by atoms with van der Waals surface area (Å²) in [7, 11) is -3.58. The van der Waals surface area contributed by atoms with E-state index < -0.39 is 10.0 Å². The molecular formula is C24H31ClN2O4S. The Morgan fingerprint density at radius 3 is 2.38 bits per heavy atom. The fourth-order valence-electron chi connectivity index (χ4n) is 3.97. The number of halogens is 1. The number of piperidine rings is 1. The lowest BCUT2D eigenvalue weighted by molar-refractivity contribution is -0.123. The average Bonchev–Trinajstić information content (AvgIpc) is 2.75. The Balaban J connectivity index is 1.62. The smallest absolute Gasteiger partial charge is 0.258 e. The van der Waals surface area contributed by atoms with Crippen molar-refractivity contribution in [3.05, 3.63) is 57.6 Å². The number of nitrogens with zero attached hydrogens (tertiary/aromatic N) is 1. The molecule has 0 bridgehead atoms. The van der Waals surface area contributed by atoms with Crippen LogP contribution in [0, 0.1) is 20.8 Å². The molecule has 0 aromatic heterocycles. The van der Waals surface area contributed by atoms with E-state index in [0.717, 1.165) is 30.4 Å². The van der Waals surface area contributed by atoms with Gasteiger partial charge in [0.15, 0.2) is 6.61 Å². The topological polar surface area (TPSA) is 75.7 Å². The molecule has 1 aliphatic rings. The van der Waals surface area contributed by atoms with E-state index in [1.54, 1.807) is 0 Å². The molecule has 1 fully saturated rings. The number of benzene rings is 2. The van der Waals surface area contributed by atoms with E-state index in [2.05, 4.69) is 24.4 Å². The highest BCUT2D eigenvalue weighted by molar-refractivity contribution is 7.89. The van der Waals surface area contributed by atoms with Crippen LogP contribution < -0.4 is 10.1 Å². The lowest BCUT2D eigenvalue weighted by Gasteiger charge is -2.26. The van der Waals surface area contributed by atoms with Crippen molar-refractivity contribution in [3.63, 3.8) is 0 Å². The number of ether oxygens (including phenoxy) is 1. The van der Waals surface area contributed by atoms with Crippen molar-refractivity contribution < 1.29 is 17.9 Å². The van der Waals surface area contributed by atoms with Gasteiger partial charge in [-0.05, 0) is 81.0 Å². The van der Waals surface area contributed by atoms with Crippen LogP contribution >= 0.6 is 11.6 Å². The standard InChI is InChI=1S/C24H31ClN2O4S/c1-16-12-18(3)21(13-17(16)2)19(4)26-24(28)15-31-23-9-8-20(14-22(23)25)32(29,30)27-10-6-5-7-11-27/h8-9,12-14,19H,5-7,10-11,15H2,1-4H3,(H,26,28). The van der Waals surface area contributed by atoms with E-state index in [9.17, 15) is 13.2 Å². The van der Waals surface area contributed by atoms with E-state index >= 15 is 0 Å². The van der Waals surface area contributed by atoms with Crippen LogP contribution in [0.15, 0.2) is 35.2 Å². The Hall–Kier alpha value is -2.09. The van der Waals surface area contributed by atoms with Gasteiger partial charge in [-0.25, -0.2) is 8.42 Å². The van der Waals surface area contributed by atoms with E-state index in [0.29, 0.717) is 13.1 Å². The van der Waals surface area contributed by atoms with Crippen molar-refractivity contribution in [3.8, 4) is 5.75 Å². The predicted molar refractivity (Wildman–Crippen MR) is 127 cm³/mol. The van der Waals surface area contributed by atoms with E-state index in [1.165, 1.54) is 33.6 Å². The van der Waals surface area contributed by atoms with E-state index in [-0.39, 0.29) is 34.2 Å². The van der Waals surface area contributed by atoms with Gasteiger partial charge in [-0.1, -0.05) is 30.2 Å². The van der Waals surface area contributed by atoms with Gasteiger partial charge < -0.3 is 10.1 Å². The first-order valence-corrected chi connectivity index (χ1v) is 12.7. The summed E-state index contributed by atoms with van der Waals surface area (Å²) >= 11 is 6.27. The van der Waals surface area contributed by atoms with Crippen molar-refractivity contribution in [2.24, 2.45) is 0 Å². The molecule has 0 saturated carbocycles. The summed E-state index contributed by atoms with van der Waals surface area (Å²) in [6.07, 6.45) is 2.77. The summed E-state index contributed by atoms with van der Waals surface area (Å²) < 4.78 is 32.7. The molecule has 2 aromatic rings. The first-order valence-electron chi connectivity index (χ1n) is 10.9. The van der Waals surface area contributed by atoms with E-state index in [1.807, 2.05) is 20.8 Å². The molecule has 6 nitrogen and oxygen atoms in total. The number of carbonyl (C=O) groups excluding carboxylic acids is 1. The molecular weight excluding hydrogens is 448 g/mol. The van der Waals surface area contributed by atoms with Crippen LogP contribution in [0.2, 0.25) is 5.02 Å². The third-order valence-corrected chi connectivity index (χ3v) is 8.13. The lowest BCUT2D eigenvalue weighted by Crippen LogP contribution is -2.35. The first-order chi connectivity index (χ1) is 15.1. The molecule has 1 heterocycles. The maximum absolute atomic E-state index is 12.8. The third-order valence-electron chi connectivity index (χ3n) is 5.94. The molecule has 2 aromatic carbocycles. The number of hydrogen-bond acceptors (Lipinski definition) is 4. The number of aryl methyl sites for hydroxylation is 3. The molecule has 0 aliphatic carbocycles. The number of amides is 1. The number of sulfonamides is 1. The number of carbonyl (C=O) groups is 1. The zero-order valence-electron chi connectivity index (χ0n) is 19.1. The van der Waals surface area contributed by atoms with Gasteiger partial charge in [0.25, 0.3) is 5.91 Å². The molecule has 0 radical (unpaired) electrons. The van der Waals surface area contributed by atoms with Crippen LogP contribution in [-0.2, 0) is 14.8 Å². The van der Waals surface area contributed by atoms with Crippen molar-refractivity contribution >= 4 is 27.5 Å². The van der Waals surface area contributed by atoms with Crippen molar-refractivity contribution in [2.45, 2.75) is 57.9 Å². The molecule has 32 heavy (non-hydrogen) atoms. The first kappa shape index (κ1) is 24.6. The second-order valence-corrected chi connectivity index (χ2v) is 10.8. The molecule has 174 valence electrons. The summed E-state index contributed by atoms with van der Waals surface area (Å²) in [5.41, 5.74) is 4.57. The third kappa shape index (κ3) is 5.63. The second-order valence-electron chi connectivity index (χ2n) is 8.43. The molecule has 3 rings (SSSR count). The highest BCUT2D eigenvalue weighted by Crippen LogP contribution is 2.30. The maximum atomic E-state index is 12.8. The molecule has 1 amide bonds. The van der Waals surface area contributed by atoms with Gasteiger partial charge in [0.05, 0.1) is 16.0 Å². The zero-order chi connectivity index (χ0) is 23.5. The van der Waals surface area contributed by atoms with Gasteiger partial charge in [-0.2, -0.15) is 4.31 Å². The molecule has 1 unspecified atom stereocenters.